The number of likely N-dealkylation sites (tertiary alicyclic amines) is 1. The van der Waals surface area contributed by atoms with Gasteiger partial charge in [0.25, 0.3) is 5.91 Å². The number of hydrogen-bond donors (Lipinski definition) is 2. The first-order valence-corrected chi connectivity index (χ1v) is 10.7. The Kier molecular flexibility index (Phi) is 8.15. The lowest BCUT2D eigenvalue weighted by Gasteiger charge is -2.32. The van der Waals surface area contributed by atoms with Crippen molar-refractivity contribution in [1.82, 2.24) is 15.5 Å². The summed E-state index contributed by atoms with van der Waals surface area (Å²) in [5.74, 6) is -0.0403. The molecule has 28 heavy (non-hydrogen) atoms. The van der Waals surface area contributed by atoms with Crippen LogP contribution in [0.2, 0.25) is 0 Å². The van der Waals surface area contributed by atoms with E-state index in [0.29, 0.717) is 31.3 Å². The summed E-state index contributed by atoms with van der Waals surface area (Å²) in [5, 5.41) is 6.06. The van der Waals surface area contributed by atoms with E-state index >= 15 is 0 Å². The van der Waals surface area contributed by atoms with Crippen LogP contribution in [0.5, 0.6) is 0 Å². The molecule has 3 rings (SSSR count). The molecule has 154 valence electrons. The molecule has 0 atom stereocenters. The van der Waals surface area contributed by atoms with Crippen molar-refractivity contribution in [3.05, 3.63) is 35.9 Å². The highest BCUT2D eigenvalue weighted by Crippen LogP contribution is 2.20. The standard InChI is InChI=1S/C22H33N3O3/c26-21(18-8-3-1-4-9-18)24-19-12-15-25(16-13-19)22(27)23-14-7-17-28-20-10-5-2-6-11-20/h1,3-4,8-9,19-20H,2,5-7,10-17H2,(H,23,27)(H,24,26). The van der Waals surface area contributed by atoms with Crippen molar-refractivity contribution >= 4 is 11.9 Å². The van der Waals surface area contributed by atoms with Crippen molar-refractivity contribution in [2.45, 2.75) is 63.5 Å². The van der Waals surface area contributed by atoms with Crippen LogP contribution < -0.4 is 10.6 Å². The van der Waals surface area contributed by atoms with Gasteiger partial charge in [0.05, 0.1) is 6.10 Å². The number of hydrogen-bond acceptors (Lipinski definition) is 3. The van der Waals surface area contributed by atoms with Gasteiger partial charge in [0.15, 0.2) is 0 Å². The Morgan fingerprint density at radius 2 is 1.71 bits per heavy atom. The van der Waals surface area contributed by atoms with E-state index in [1.807, 2.05) is 35.2 Å². The number of piperidine rings is 1. The molecule has 1 aromatic carbocycles. The second-order valence-electron chi connectivity index (χ2n) is 7.82. The zero-order chi connectivity index (χ0) is 19.6. The minimum absolute atomic E-state index is 0.00879. The summed E-state index contributed by atoms with van der Waals surface area (Å²) in [7, 11) is 0. The minimum atomic E-state index is -0.0403. The molecule has 0 radical (unpaired) electrons. The van der Waals surface area contributed by atoms with Gasteiger partial charge in [0, 0.05) is 37.8 Å². The monoisotopic (exact) mass is 387 g/mol. The fraction of sp³-hybridized carbons (Fsp3) is 0.636. The highest BCUT2D eigenvalue weighted by molar-refractivity contribution is 5.94. The van der Waals surface area contributed by atoms with Gasteiger partial charge >= 0.3 is 6.03 Å². The Morgan fingerprint density at radius 3 is 2.43 bits per heavy atom. The highest BCUT2D eigenvalue weighted by atomic mass is 16.5. The van der Waals surface area contributed by atoms with Gasteiger partial charge in [-0.15, -0.1) is 0 Å². The number of amides is 3. The number of ether oxygens (including phenoxy) is 1. The smallest absolute Gasteiger partial charge is 0.317 e. The minimum Gasteiger partial charge on any atom is -0.378 e. The van der Waals surface area contributed by atoms with E-state index in [-0.39, 0.29) is 18.0 Å². The predicted octanol–water partition coefficient (Wildman–Crippen LogP) is 3.33. The summed E-state index contributed by atoms with van der Waals surface area (Å²) in [6.07, 6.45) is 9.12. The molecule has 1 heterocycles. The normalized spacial score (nSPS) is 18.6. The van der Waals surface area contributed by atoms with Crippen LogP contribution in [0.15, 0.2) is 30.3 Å². The first-order chi connectivity index (χ1) is 13.7. The van der Waals surface area contributed by atoms with Crippen LogP contribution in [0, 0.1) is 0 Å². The third-order valence-electron chi connectivity index (χ3n) is 5.66. The maximum absolute atomic E-state index is 12.3. The number of nitrogens with zero attached hydrogens (tertiary/aromatic N) is 1. The molecular formula is C22H33N3O3. The van der Waals surface area contributed by atoms with Gasteiger partial charge in [-0.1, -0.05) is 37.5 Å². The first-order valence-electron chi connectivity index (χ1n) is 10.7. The summed E-state index contributed by atoms with van der Waals surface area (Å²) in [5.41, 5.74) is 0.679. The Labute approximate surface area is 168 Å². The van der Waals surface area contributed by atoms with Crippen molar-refractivity contribution in [2.24, 2.45) is 0 Å². The molecule has 2 N–H and O–H groups in total. The van der Waals surface area contributed by atoms with Crippen molar-refractivity contribution in [3.63, 3.8) is 0 Å². The van der Waals surface area contributed by atoms with Crippen LogP contribution in [0.25, 0.3) is 0 Å². The van der Waals surface area contributed by atoms with Crippen LogP contribution in [-0.2, 0) is 4.74 Å². The highest BCUT2D eigenvalue weighted by Gasteiger charge is 2.24. The van der Waals surface area contributed by atoms with E-state index in [1.165, 1.54) is 32.1 Å². The quantitative estimate of drug-likeness (QED) is 0.705. The molecule has 3 amide bonds. The fourth-order valence-corrected chi connectivity index (χ4v) is 3.95. The molecule has 0 spiro atoms. The number of benzene rings is 1. The number of urea groups is 1. The molecular weight excluding hydrogens is 354 g/mol. The number of carbonyl (C=O) groups is 2. The molecule has 1 saturated carbocycles. The van der Waals surface area contributed by atoms with Crippen molar-refractivity contribution in [2.75, 3.05) is 26.2 Å². The largest absolute Gasteiger partial charge is 0.378 e. The average Bonchev–Trinajstić information content (AvgIpc) is 2.75. The number of carbonyl (C=O) groups excluding carboxylic acids is 2. The molecule has 2 aliphatic rings. The van der Waals surface area contributed by atoms with E-state index < -0.39 is 0 Å². The topological polar surface area (TPSA) is 70.7 Å². The molecule has 2 fully saturated rings. The van der Waals surface area contributed by atoms with Crippen LogP contribution in [0.1, 0.15) is 61.7 Å². The SMILES string of the molecule is O=C(NC1CCN(C(=O)NCCCOC2CCCCC2)CC1)c1ccccc1. The van der Waals surface area contributed by atoms with E-state index in [9.17, 15) is 9.59 Å². The Bertz CT molecular complexity index is 609. The van der Waals surface area contributed by atoms with Crippen molar-refractivity contribution < 1.29 is 14.3 Å². The molecule has 1 aromatic rings. The lowest BCUT2D eigenvalue weighted by Crippen LogP contribution is -2.49. The van der Waals surface area contributed by atoms with E-state index in [1.54, 1.807) is 0 Å². The third-order valence-corrected chi connectivity index (χ3v) is 5.66. The molecule has 1 aliphatic heterocycles. The van der Waals surface area contributed by atoms with E-state index in [2.05, 4.69) is 10.6 Å². The average molecular weight is 388 g/mol. The number of nitrogens with one attached hydrogen (secondary N) is 2. The summed E-state index contributed by atoms with van der Waals surface area (Å²) in [4.78, 5) is 26.4. The van der Waals surface area contributed by atoms with Crippen LogP contribution in [-0.4, -0.2) is 55.2 Å². The van der Waals surface area contributed by atoms with Gasteiger partial charge in [0.1, 0.15) is 0 Å². The zero-order valence-electron chi connectivity index (χ0n) is 16.7. The maximum atomic E-state index is 12.3. The molecule has 6 nitrogen and oxygen atoms in total. The summed E-state index contributed by atoms with van der Waals surface area (Å²) in [6.45, 7) is 2.71. The van der Waals surface area contributed by atoms with Gasteiger partial charge in [-0.05, 0) is 44.2 Å². The molecule has 1 aliphatic carbocycles. The van der Waals surface area contributed by atoms with Gasteiger partial charge in [0.2, 0.25) is 0 Å². The van der Waals surface area contributed by atoms with Crippen molar-refractivity contribution in [3.8, 4) is 0 Å². The zero-order valence-corrected chi connectivity index (χ0v) is 16.7. The molecule has 0 aromatic heterocycles. The lowest BCUT2D eigenvalue weighted by atomic mass is 9.98. The molecule has 6 heteroatoms. The molecule has 1 saturated heterocycles. The van der Waals surface area contributed by atoms with Crippen LogP contribution >= 0.6 is 0 Å². The molecule has 0 unspecified atom stereocenters. The predicted molar refractivity (Wildman–Crippen MR) is 109 cm³/mol. The van der Waals surface area contributed by atoms with E-state index in [4.69, 9.17) is 4.74 Å². The van der Waals surface area contributed by atoms with E-state index in [0.717, 1.165) is 25.9 Å². The maximum Gasteiger partial charge on any atom is 0.317 e. The second kappa shape index (κ2) is 11.1. The summed E-state index contributed by atoms with van der Waals surface area (Å²) >= 11 is 0. The van der Waals surface area contributed by atoms with Gasteiger partial charge in [-0.2, -0.15) is 0 Å². The fourth-order valence-electron chi connectivity index (χ4n) is 3.95. The third kappa shape index (κ3) is 6.51. The Morgan fingerprint density at radius 1 is 1.00 bits per heavy atom. The summed E-state index contributed by atoms with van der Waals surface area (Å²) < 4.78 is 5.89. The van der Waals surface area contributed by atoms with Crippen LogP contribution in [0.3, 0.4) is 0 Å². The Hall–Kier alpha value is -2.08. The number of rotatable bonds is 7. The lowest BCUT2D eigenvalue weighted by molar-refractivity contribution is 0.0274. The van der Waals surface area contributed by atoms with Gasteiger partial charge in [-0.25, -0.2) is 4.79 Å². The summed E-state index contributed by atoms with van der Waals surface area (Å²) in [6, 6.07) is 9.37. The second-order valence-corrected chi connectivity index (χ2v) is 7.82. The van der Waals surface area contributed by atoms with Crippen LogP contribution in [0.4, 0.5) is 4.79 Å². The van der Waals surface area contributed by atoms with Crippen molar-refractivity contribution in [1.29, 1.82) is 0 Å². The Balaban J connectivity index is 1.27. The first kappa shape index (κ1) is 20.6. The van der Waals surface area contributed by atoms with Gasteiger partial charge < -0.3 is 20.3 Å². The van der Waals surface area contributed by atoms with Gasteiger partial charge in [-0.3, -0.25) is 4.79 Å². The molecule has 0 bridgehead atoms.